The molecule has 0 N–H and O–H groups in total. The van der Waals surface area contributed by atoms with Crippen LogP contribution < -0.4 is 5.56 Å². The summed E-state index contributed by atoms with van der Waals surface area (Å²) >= 11 is 6.35. The van der Waals surface area contributed by atoms with Crippen molar-refractivity contribution in [3.63, 3.8) is 0 Å². The number of aryl methyl sites for hydroxylation is 2. The number of hydrogen-bond acceptors (Lipinski definition) is 5. The van der Waals surface area contributed by atoms with Gasteiger partial charge in [-0.15, -0.1) is 17.9 Å². The largest absolute Gasteiger partial charge is 0.293 e. The standard InChI is InChI=1S/C21H19BrN2O2S2/c1-2-10-24-20(26)18-15-8-3-4-9-17(15)28-19(18)23-21(24)27-12-16(25)13-6-5-7-14(22)11-13/h2,5-7,11H,1,3-4,8-10,12H2. The maximum absolute atomic E-state index is 13.2. The Kier molecular flexibility index (Phi) is 5.85. The second-order valence-corrected chi connectivity index (χ2v) is 9.65. The molecule has 0 fully saturated rings. The third-order valence-electron chi connectivity index (χ3n) is 4.83. The zero-order valence-electron chi connectivity index (χ0n) is 15.2. The number of allylic oxidation sites excluding steroid dienone is 1. The molecular formula is C21H19BrN2O2S2. The van der Waals surface area contributed by atoms with Crippen LogP contribution in [0.3, 0.4) is 0 Å². The average Bonchev–Trinajstić information content (AvgIpc) is 3.07. The molecule has 4 rings (SSSR count). The lowest BCUT2D eigenvalue weighted by molar-refractivity contribution is 0.102. The maximum Gasteiger partial charge on any atom is 0.263 e. The van der Waals surface area contributed by atoms with Gasteiger partial charge in [-0.1, -0.05) is 45.9 Å². The Balaban J connectivity index is 1.69. The zero-order chi connectivity index (χ0) is 19.7. The number of rotatable bonds is 6. The van der Waals surface area contributed by atoms with Gasteiger partial charge in [0.2, 0.25) is 0 Å². The van der Waals surface area contributed by atoms with Crippen molar-refractivity contribution in [2.24, 2.45) is 0 Å². The number of fused-ring (bicyclic) bond motifs is 3. The van der Waals surface area contributed by atoms with Gasteiger partial charge in [0.25, 0.3) is 5.56 Å². The maximum atomic E-state index is 13.2. The molecule has 0 radical (unpaired) electrons. The van der Waals surface area contributed by atoms with Crippen LogP contribution in [0, 0.1) is 0 Å². The lowest BCUT2D eigenvalue weighted by Crippen LogP contribution is -2.23. The fourth-order valence-corrected chi connectivity index (χ4v) is 6.10. The molecule has 4 nitrogen and oxygen atoms in total. The first-order valence-electron chi connectivity index (χ1n) is 9.16. The predicted molar refractivity (Wildman–Crippen MR) is 120 cm³/mol. The summed E-state index contributed by atoms with van der Waals surface area (Å²) in [5.41, 5.74) is 1.82. The van der Waals surface area contributed by atoms with Gasteiger partial charge in [0.1, 0.15) is 4.83 Å². The number of nitrogens with zero attached hydrogens (tertiary/aromatic N) is 2. The Morgan fingerprint density at radius 3 is 2.96 bits per heavy atom. The van der Waals surface area contributed by atoms with Gasteiger partial charge >= 0.3 is 0 Å². The monoisotopic (exact) mass is 474 g/mol. The van der Waals surface area contributed by atoms with E-state index < -0.39 is 0 Å². The van der Waals surface area contributed by atoms with Crippen molar-refractivity contribution in [3.05, 3.63) is 67.8 Å². The highest BCUT2D eigenvalue weighted by Gasteiger charge is 2.22. The molecule has 0 amide bonds. The molecule has 0 saturated heterocycles. The smallest absolute Gasteiger partial charge is 0.263 e. The van der Waals surface area contributed by atoms with Crippen molar-refractivity contribution in [3.8, 4) is 0 Å². The van der Waals surface area contributed by atoms with Crippen molar-refractivity contribution in [1.29, 1.82) is 0 Å². The minimum absolute atomic E-state index is 0.0104. The number of thiophene rings is 1. The molecule has 144 valence electrons. The molecule has 1 aliphatic carbocycles. The molecule has 0 atom stereocenters. The van der Waals surface area contributed by atoms with Crippen molar-refractivity contribution >= 4 is 55.0 Å². The first kappa shape index (κ1) is 19.6. The fraction of sp³-hybridized carbons (Fsp3) is 0.286. The first-order valence-corrected chi connectivity index (χ1v) is 11.8. The second kappa shape index (κ2) is 8.35. The van der Waals surface area contributed by atoms with E-state index in [0.717, 1.165) is 34.0 Å². The SMILES string of the molecule is C=CCn1c(SCC(=O)c2cccc(Br)c2)nc2sc3c(c2c1=O)CCCC3. The van der Waals surface area contributed by atoms with Crippen LogP contribution in [0.4, 0.5) is 0 Å². The number of halogens is 1. The Labute approximate surface area is 179 Å². The summed E-state index contributed by atoms with van der Waals surface area (Å²) in [6, 6.07) is 7.34. The van der Waals surface area contributed by atoms with Gasteiger partial charge < -0.3 is 0 Å². The molecule has 2 aromatic heterocycles. The van der Waals surface area contributed by atoms with E-state index in [4.69, 9.17) is 4.98 Å². The molecular weight excluding hydrogens is 456 g/mol. The van der Waals surface area contributed by atoms with Crippen LogP contribution in [0.1, 0.15) is 33.6 Å². The minimum Gasteiger partial charge on any atom is -0.293 e. The van der Waals surface area contributed by atoms with Crippen LogP contribution >= 0.6 is 39.0 Å². The molecule has 2 heterocycles. The van der Waals surface area contributed by atoms with Crippen LogP contribution in [-0.4, -0.2) is 21.1 Å². The van der Waals surface area contributed by atoms with Crippen molar-refractivity contribution in [2.75, 3.05) is 5.75 Å². The van der Waals surface area contributed by atoms with Crippen LogP contribution in [0.15, 0.2) is 51.3 Å². The van der Waals surface area contributed by atoms with E-state index in [1.165, 1.54) is 28.6 Å². The molecule has 3 aromatic rings. The number of carbonyl (C=O) groups excluding carboxylic acids is 1. The zero-order valence-corrected chi connectivity index (χ0v) is 18.5. The number of carbonyl (C=O) groups is 1. The highest BCUT2D eigenvalue weighted by molar-refractivity contribution is 9.10. The first-order chi connectivity index (χ1) is 13.6. The molecule has 0 aliphatic heterocycles. The lowest BCUT2D eigenvalue weighted by Gasteiger charge is -2.12. The van der Waals surface area contributed by atoms with Crippen LogP contribution in [0.5, 0.6) is 0 Å². The molecule has 1 aliphatic rings. The molecule has 0 spiro atoms. The quantitative estimate of drug-likeness (QED) is 0.211. The summed E-state index contributed by atoms with van der Waals surface area (Å²) < 4.78 is 2.52. The minimum atomic E-state index is -0.0123. The summed E-state index contributed by atoms with van der Waals surface area (Å²) in [6.07, 6.45) is 5.98. The number of thioether (sulfide) groups is 1. The van der Waals surface area contributed by atoms with Crippen molar-refractivity contribution in [2.45, 2.75) is 37.4 Å². The van der Waals surface area contributed by atoms with Gasteiger partial charge in [0.15, 0.2) is 10.9 Å². The molecule has 28 heavy (non-hydrogen) atoms. The van der Waals surface area contributed by atoms with Crippen molar-refractivity contribution in [1.82, 2.24) is 9.55 Å². The third kappa shape index (κ3) is 3.75. The Hall–Kier alpha value is -1.70. The summed E-state index contributed by atoms with van der Waals surface area (Å²) in [5.74, 6) is 0.243. The highest BCUT2D eigenvalue weighted by Crippen LogP contribution is 2.34. The van der Waals surface area contributed by atoms with Gasteiger partial charge in [0, 0.05) is 21.5 Å². The summed E-state index contributed by atoms with van der Waals surface area (Å²) in [7, 11) is 0. The van der Waals surface area contributed by atoms with Gasteiger partial charge in [-0.3, -0.25) is 14.2 Å². The normalized spacial score (nSPS) is 13.5. The number of aromatic nitrogens is 2. The third-order valence-corrected chi connectivity index (χ3v) is 7.49. The molecule has 0 bridgehead atoms. The van der Waals surface area contributed by atoms with Gasteiger partial charge in [-0.25, -0.2) is 4.98 Å². The molecule has 0 unspecified atom stereocenters. The number of ketones is 1. The number of benzene rings is 1. The predicted octanol–water partition coefficient (Wildman–Crippen LogP) is 5.26. The Morgan fingerprint density at radius 1 is 1.36 bits per heavy atom. The van der Waals surface area contributed by atoms with Gasteiger partial charge in [-0.2, -0.15) is 0 Å². The lowest BCUT2D eigenvalue weighted by atomic mass is 9.97. The molecule has 7 heteroatoms. The molecule has 0 saturated carbocycles. The second-order valence-electron chi connectivity index (χ2n) is 6.71. The fourth-order valence-electron chi connectivity index (χ4n) is 3.50. The van der Waals surface area contributed by atoms with E-state index in [9.17, 15) is 9.59 Å². The van der Waals surface area contributed by atoms with E-state index >= 15 is 0 Å². The van der Waals surface area contributed by atoms with Crippen LogP contribution in [0.25, 0.3) is 10.2 Å². The topological polar surface area (TPSA) is 52.0 Å². The van der Waals surface area contributed by atoms with E-state index in [-0.39, 0.29) is 17.1 Å². The Bertz CT molecular complexity index is 1130. The number of hydrogen-bond donors (Lipinski definition) is 0. The van der Waals surface area contributed by atoms with E-state index in [1.807, 2.05) is 18.2 Å². The Morgan fingerprint density at radius 2 is 2.18 bits per heavy atom. The summed E-state index contributed by atoms with van der Waals surface area (Å²) in [5, 5.41) is 1.35. The van der Waals surface area contributed by atoms with E-state index in [0.29, 0.717) is 17.3 Å². The van der Waals surface area contributed by atoms with Gasteiger partial charge in [-0.05, 0) is 43.4 Å². The summed E-state index contributed by atoms with van der Waals surface area (Å²) in [4.78, 5) is 32.7. The summed E-state index contributed by atoms with van der Waals surface area (Å²) in [6.45, 7) is 4.17. The average molecular weight is 475 g/mol. The number of Topliss-reactive ketones (excluding diaryl/α,β-unsaturated/α-hetero) is 1. The van der Waals surface area contributed by atoms with Crippen LogP contribution in [0.2, 0.25) is 0 Å². The van der Waals surface area contributed by atoms with Gasteiger partial charge in [0.05, 0.1) is 11.1 Å². The van der Waals surface area contributed by atoms with E-state index in [2.05, 4.69) is 22.5 Å². The van der Waals surface area contributed by atoms with Crippen LogP contribution in [-0.2, 0) is 19.4 Å². The highest BCUT2D eigenvalue weighted by atomic mass is 79.9. The molecule has 1 aromatic carbocycles. The van der Waals surface area contributed by atoms with Crippen molar-refractivity contribution < 1.29 is 4.79 Å². The van der Waals surface area contributed by atoms with E-state index in [1.54, 1.807) is 28.0 Å².